The van der Waals surface area contributed by atoms with E-state index in [0.29, 0.717) is 6.54 Å². The van der Waals surface area contributed by atoms with Crippen LogP contribution in [-0.2, 0) is 4.79 Å². The van der Waals surface area contributed by atoms with Crippen molar-refractivity contribution in [3.8, 4) is 6.07 Å². The third kappa shape index (κ3) is 2.32. The average Bonchev–Trinajstić information content (AvgIpc) is 2.17. The summed E-state index contributed by atoms with van der Waals surface area (Å²) in [6.45, 7) is 5.13. The van der Waals surface area contributed by atoms with Gasteiger partial charge in [0.1, 0.15) is 5.92 Å². The summed E-state index contributed by atoms with van der Waals surface area (Å²) in [5.74, 6) is -0.557. The lowest BCUT2D eigenvalue weighted by atomic mass is 10.1. The number of rotatable bonds is 1. The van der Waals surface area contributed by atoms with Gasteiger partial charge in [-0.05, 0) is 20.3 Å². The van der Waals surface area contributed by atoms with Crippen molar-refractivity contribution >= 4 is 5.91 Å². The largest absolute Gasteiger partial charge is 0.338 e. The molecule has 13 heavy (non-hydrogen) atoms. The first-order valence-corrected chi connectivity index (χ1v) is 4.49. The summed E-state index contributed by atoms with van der Waals surface area (Å²) < 4.78 is 0. The van der Waals surface area contributed by atoms with Crippen molar-refractivity contribution in [2.24, 2.45) is 5.92 Å². The van der Waals surface area contributed by atoms with Gasteiger partial charge < -0.3 is 4.90 Å². The molecule has 3 heteroatoms. The summed E-state index contributed by atoms with van der Waals surface area (Å²) in [4.78, 5) is 13.2. The summed E-state index contributed by atoms with van der Waals surface area (Å²) in [6.07, 6.45) is 2.98. The Balaban J connectivity index is 2.56. The van der Waals surface area contributed by atoms with Crippen molar-refractivity contribution in [2.45, 2.75) is 20.3 Å². The summed E-state index contributed by atoms with van der Waals surface area (Å²) in [5.41, 5.74) is 1.33. The summed E-state index contributed by atoms with van der Waals surface area (Å²) in [6, 6.07) is 1.96. The Kier molecular flexibility index (Phi) is 3.07. The van der Waals surface area contributed by atoms with E-state index in [2.05, 4.69) is 6.92 Å². The van der Waals surface area contributed by atoms with E-state index in [9.17, 15) is 4.79 Å². The normalized spacial score (nSPS) is 18.8. The van der Waals surface area contributed by atoms with Gasteiger partial charge in [0.05, 0.1) is 6.07 Å². The topological polar surface area (TPSA) is 44.1 Å². The predicted molar refractivity (Wildman–Crippen MR) is 49.7 cm³/mol. The highest BCUT2D eigenvalue weighted by molar-refractivity contribution is 5.81. The smallest absolute Gasteiger partial charge is 0.239 e. The van der Waals surface area contributed by atoms with E-state index in [1.807, 2.05) is 12.1 Å². The highest BCUT2D eigenvalue weighted by Crippen LogP contribution is 2.11. The number of carbonyl (C=O) groups is 1. The van der Waals surface area contributed by atoms with E-state index >= 15 is 0 Å². The fourth-order valence-electron chi connectivity index (χ4n) is 1.30. The molecule has 0 N–H and O–H groups in total. The molecule has 1 amide bonds. The molecule has 0 fully saturated rings. The Morgan fingerprint density at radius 1 is 1.77 bits per heavy atom. The van der Waals surface area contributed by atoms with E-state index in [-0.39, 0.29) is 5.91 Å². The Labute approximate surface area is 78.6 Å². The van der Waals surface area contributed by atoms with Crippen LogP contribution in [0.4, 0.5) is 0 Å². The molecule has 1 rings (SSSR count). The van der Waals surface area contributed by atoms with Gasteiger partial charge in [-0.25, -0.2) is 0 Å². The highest BCUT2D eigenvalue weighted by Gasteiger charge is 2.20. The third-order valence-corrected chi connectivity index (χ3v) is 2.31. The third-order valence-electron chi connectivity index (χ3n) is 2.31. The quantitative estimate of drug-likeness (QED) is 0.568. The molecule has 0 saturated heterocycles. The molecule has 0 aromatic heterocycles. The molecule has 0 aliphatic carbocycles. The summed E-state index contributed by atoms with van der Waals surface area (Å²) in [5, 5.41) is 8.57. The lowest BCUT2D eigenvalue weighted by molar-refractivity contribution is -0.132. The van der Waals surface area contributed by atoms with Gasteiger partial charge >= 0.3 is 0 Å². The zero-order valence-electron chi connectivity index (χ0n) is 8.08. The van der Waals surface area contributed by atoms with Gasteiger partial charge in [-0.2, -0.15) is 5.26 Å². The first-order chi connectivity index (χ1) is 6.15. The zero-order valence-corrected chi connectivity index (χ0v) is 8.08. The molecule has 1 heterocycles. The molecule has 0 aromatic rings. The minimum Gasteiger partial charge on any atom is -0.338 e. The van der Waals surface area contributed by atoms with Crippen LogP contribution < -0.4 is 0 Å². The summed E-state index contributed by atoms with van der Waals surface area (Å²) >= 11 is 0. The van der Waals surface area contributed by atoms with Crippen molar-refractivity contribution in [1.82, 2.24) is 4.90 Å². The molecular weight excluding hydrogens is 164 g/mol. The number of hydrogen-bond donors (Lipinski definition) is 0. The number of hydrogen-bond acceptors (Lipinski definition) is 2. The van der Waals surface area contributed by atoms with Crippen LogP contribution in [-0.4, -0.2) is 23.9 Å². The van der Waals surface area contributed by atoms with E-state index in [4.69, 9.17) is 5.26 Å². The van der Waals surface area contributed by atoms with Crippen LogP contribution in [0.5, 0.6) is 0 Å². The van der Waals surface area contributed by atoms with E-state index in [1.54, 1.807) is 11.8 Å². The second kappa shape index (κ2) is 4.08. The van der Waals surface area contributed by atoms with Crippen LogP contribution in [0, 0.1) is 17.2 Å². The molecule has 1 unspecified atom stereocenters. The van der Waals surface area contributed by atoms with Gasteiger partial charge in [-0.15, -0.1) is 0 Å². The van der Waals surface area contributed by atoms with Gasteiger partial charge in [0, 0.05) is 13.1 Å². The van der Waals surface area contributed by atoms with Gasteiger partial charge in [0.25, 0.3) is 0 Å². The van der Waals surface area contributed by atoms with Crippen molar-refractivity contribution in [3.05, 3.63) is 11.6 Å². The lowest BCUT2D eigenvalue weighted by Crippen LogP contribution is -2.37. The molecule has 1 atom stereocenters. The van der Waals surface area contributed by atoms with Crippen molar-refractivity contribution in [3.63, 3.8) is 0 Å². The Morgan fingerprint density at radius 2 is 2.46 bits per heavy atom. The van der Waals surface area contributed by atoms with Crippen LogP contribution in [0.15, 0.2) is 11.6 Å². The van der Waals surface area contributed by atoms with Crippen LogP contribution >= 0.6 is 0 Å². The molecule has 0 bridgehead atoms. The molecule has 1 aliphatic heterocycles. The molecule has 0 saturated carbocycles. The zero-order chi connectivity index (χ0) is 9.84. The maximum absolute atomic E-state index is 11.5. The van der Waals surface area contributed by atoms with Crippen LogP contribution in [0.2, 0.25) is 0 Å². The minimum atomic E-state index is -0.508. The minimum absolute atomic E-state index is 0.0498. The molecule has 70 valence electrons. The van der Waals surface area contributed by atoms with Crippen LogP contribution in [0.1, 0.15) is 20.3 Å². The average molecular weight is 178 g/mol. The summed E-state index contributed by atoms with van der Waals surface area (Å²) in [7, 11) is 0. The highest BCUT2D eigenvalue weighted by atomic mass is 16.2. The van der Waals surface area contributed by atoms with Crippen molar-refractivity contribution < 1.29 is 4.79 Å². The SMILES string of the molecule is CC1=CCN(C(=O)C(C)C#N)CC1. The van der Waals surface area contributed by atoms with Crippen LogP contribution in [0.25, 0.3) is 0 Å². The first kappa shape index (κ1) is 9.79. The second-order valence-corrected chi connectivity index (χ2v) is 3.44. The number of nitrogens with zero attached hydrogens (tertiary/aromatic N) is 2. The van der Waals surface area contributed by atoms with E-state index in [0.717, 1.165) is 13.0 Å². The van der Waals surface area contributed by atoms with Gasteiger partial charge in [0.2, 0.25) is 5.91 Å². The van der Waals surface area contributed by atoms with Crippen molar-refractivity contribution in [1.29, 1.82) is 5.26 Å². The monoisotopic (exact) mass is 178 g/mol. The second-order valence-electron chi connectivity index (χ2n) is 3.44. The molecule has 3 nitrogen and oxygen atoms in total. The standard InChI is InChI=1S/C10H14N2O/c1-8-3-5-12(6-4-8)10(13)9(2)7-11/h3,9H,4-6H2,1-2H3. The van der Waals surface area contributed by atoms with Crippen molar-refractivity contribution in [2.75, 3.05) is 13.1 Å². The Hall–Kier alpha value is -1.30. The Bertz CT molecular complexity index is 275. The van der Waals surface area contributed by atoms with Gasteiger partial charge in [-0.3, -0.25) is 4.79 Å². The number of carbonyl (C=O) groups excluding carboxylic acids is 1. The first-order valence-electron chi connectivity index (χ1n) is 4.49. The molecule has 0 radical (unpaired) electrons. The number of amides is 1. The number of nitriles is 1. The van der Waals surface area contributed by atoms with Gasteiger partial charge in [-0.1, -0.05) is 11.6 Å². The Morgan fingerprint density at radius 3 is 2.92 bits per heavy atom. The van der Waals surface area contributed by atoms with Crippen LogP contribution in [0.3, 0.4) is 0 Å². The fourth-order valence-corrected chi connectivity index (χ4v) is 1.30. The predicted octanol–water partition coefficient (Wildman–Crippen LogP) is 1.32. The van der Waals surface area contributed by atoms with E-state index < -0.39 is 5.92 Å². The lowest BCUT2D eigenvalue weighted by Gasteiger charge is -2.26. The molecular formula is C10H14N2O. The fraction of sp³-hybridized carbons (Fsp3) is 0.600. The molecule has 0 aromatic carbocycles. The maximum atomic E-state index is 11.5. The molecule has 1 aliphatic rings. The maximum Gasteiger partial charge on any atom is 0.239 e. The van der Waals surface area contributed by atoms with E-state index in [1.165, 1.54) is 5.57 Å². The van der Waals surface area contributed by atoms with Gasteiger partial charge in [0.15, 0.2) is 0 Å². The molecule has 0 spiro atoms.